The molecule has 0 aliphatic carbocycles. The van der Waals surface area contributed by atoms with Gasteiger partial charge in [0.25, 0.3) is 0 Å². The van der Waals surface area contributed by atoms with Crippen LogP contribution in [0.2, 0.25) is 0 Å². The summed E-state index contributed by atoms with van der Waals surface area (Å²) in [5.41, 5.74) is 0.975. The Kier molecular flexibility index (Phi) is 6.98. The number of halogens is 1. The van der Waals surface area contributed by atoms with Gasteiger partial charge in [-0.05, 0) is 6.42 Å². The van der Waals surface area contributed by atoms with Gasteiger partial charge in [0, 0.05) is 18.4 Å². The molecular weight excluding hydrogens is 230 g/mol. The van der Waals surface area contributed by atoms with Crippen molar-refractivity contribution in [3.8, 4) is 0 Å². The fourth-order valence-electron chi connectivity index (χ4n) is 1.24. The van der Waals surface area contributed by atoms with Crippen molar-refractivity contribution in [2.24, 2.45) is 0 Å². The van der Waals surface area contributed by atoms with Gasteiger partial charge in [0.15, 0.2) is 0 Å². The quantitative estimate of drug-likeness (QED) is 0.517. The number of hydrogen-bond acceptors (Lipinski definition) is 3. The van der Waals surface area contributed by atoms with E-state index in [9.17, 15) is 0 Å². The second-order valence-electron chi connectivity index (χ2n) is 3.44. The summed E-state index contributed by atoms with van der Waals surface area (Å²) in [7, 11) is 0. The molecule has 0 aromatic carbocycles. The molecule has 0 unspecified atom stereocenters. The molecule has 15 heavy (non-hydrogen) atoms. The number of unbranched alkanes of at least 4 members (excludes halogenated alkanes) is 2. The van der Waals surface area contributed by atoms with Crippen molar-refractivity contribution in [2.75, 3.05) is 13.2 Å². The first kappa shape index (κ1) is 12.9. The molecule has 0 radical (unpaired) electrons. The lowest BCUT2D eigenvalue weighted by atomic mass is 10.3. The lowest BCUT2D eigenvalue weighted by Crippen LogP contribution is -2.00. The molecule has 0 aliphatic heterocycles. The Morgan fingerprint density at radius 2 is 2.27 bits per heavy atom. The molecule has 0 amide bonds. The third-order valence-electron chi connectivity index (χ3n) is 2.09. The average Bonchev–Trinajstić information content (AvgIpc) is 2.71. The Hall–Kier alpha value is -0.120. The summed E-state index contributed by atoms with van der Waals surface area (Å²) >= 11 is 7.34. The topological polar surface area (TPSA) is 22.1 Å². The van der Waals surface area contributed by atoms with Crippen LogP contribution in [0.1, 0.15) is 36.9 Å². The largest absolute Gasteiger partial charge is 0.381 e. The van der Waals surface area contributed by atoms with E-state index in [1.807, 2.05) is 5.38 Å². The zero-order valence-corrected chi connectivity index (χ0v) is 10.7. The van der Waals surface area contributed by atoms with E-state index < -0.39 is 0 Å². The standard InChI is InChI=1S/C11H18ClNOS/c1-2-3-4-6-14-7-5-11-13-10(8-12)9-15-11/h9H,2-8H2,1H3. The van der Waals surface area contributed by atoms with Crippen molar-refractivity contribution in [2.45, 2.75) is 38.5 Å². The van der Waals surface area contributed by atoms with Gasteiger partial charge in [0.1, 0.15) is 0 Å². The summed E-state index contributed by atoms with van der Waals surface area (Å²) in [6.07, 6.45) is 4.58. The molecule has 0 fully saturated rings. The predicted molar refractivity (Wildman–Crippen MR) is 65.7 cm³/mol. The van der Waals surface area contributed by atoms with E-state index in [2.05, 4.69) is 11.9 Å². The maximum Gasteiger partial charge on any atom is 0.0951 e. The molecule has 2 nitrogen and oxygen atoms in total. The normalized spacial score (nSPS) is 10.8. The molecule has 0 saturated heterocycles. The number of ether oxygens (including phenoxy) is 1. The van der Waals surface area contributed by atoms with E-state index in [1.54, 1.807) is 11.3 Å². The smallest absolute Gasteiger partial charge is 0.0951 e. The fourth-order valence-corrected chi connectivity index (χ4v) is 2.25. The van der Waals surface area contributed by atoms with Crippen LogP contribution >= 0.6 is 22.9 Å². The maximum absolute atomic E-state index is 5.67. The Morgan fingerprint density at radius 1 is 1.40 bits per heavy atom. The highest BCUT2D eigenvalue weighted by atomic mass is 35.5. The molecule has 4 heteroatoms. The number of aromatic nitrogens is 1. The van der Waals surface area contributed by atoms with E-state index in [1.165, 1.54) is 19.3 Å². The van der Waals surface area contributed by atoms with Crippen molar-refractivity contribution < 1.29 is 4.74 Å². The van der Waals surface area contributed by atoms with Gasteiger partial charge in [-0.2, -0.15) is 0 Å². The number of hydrogen-bond donors (Lipinski definition) is 0. The maximum atomic E-state index is 5.67. The van der Waals surface area contributed by atoms with Crippen molar-refractivity contribution in [1.29, 1.82) is 0 Å². The second kappa shape index (κ2) is 8.08. The zero-order valence-electron chi connectivity index (χ0n) is 9.17. The van der Waals surface area contributed by atoms with E-state index in [-0.39, 0.29) is 0 Å². The van der Waals surface area contributed by atoms with Crippen molar-refractivity contribution in [1.82, 2.24) is 4.98 Å². The van der Waals surface area contributed by atoms with Gasteiger partial charge < -0.3 is 4.74 Å². The first-order valence-electron chi connectivity index (χ1n) is 5.43. The first-order valence-corrected chi connectivity index (χ1v) is 6.85. The first-order chi connectivity index (χ1) is 7.36. The van der Waals surface area contributed by atoms with Gasteiger partial charge in [-0.3, -0.25) is 0 Å². The minimum Gasteiger partial charge on any atom is -0.381 e. The lowest BCUT2D eigenvalue weighted by Gasteiger charge is -2.01. The van der Waals surface area contributed by atoms with Crippen LogP contribution in [0, 0.1) is 0 Å². The molecule has 1 rings (SSSR count). The Bertz CT molecular complexity index is 265. The molecule has 1 aromatic rings. The SMILES string of the molecule is CCCCCOCCc1nc(CCl)cs1. The van der Waals surface area contributed by atoms with Crippen LogP contribution in [0.3, 0.4) is 0 Å². The van der Waals surface area contributed by atoms with E-state index >= 15 is 0 Å². The highest BCUT2D eigenvalue weighted by molar-refractivity contribution is 7.09. The minimum absolute atomic E-state index is 0.508. The van der Waals surface area contributed by atoms with Crippen LogP contribution in [0.15, 0.2) is 5.38 Å². The van der Waals surface area contributed by atoms with Gasteiger partial charge in [-0.1, -0.05) is 19.8 Å². The van der Waals surface area contributed by atoms with Crippen LogP contribution in [0.4, 0.5) is 0 Å². The lowest BCUT2D eigenvalue weighted by molar-refractivity contribution is 0.133. The number of alkyl halides is 1. The van der Waals surface area contributed by atoms with Crippen molar-refractivity contribution in [3.05, 3.63) is 16.1 Å². The summed E-state index contributed by atoms with van der Waals surface area (Å²) in [6, 6.07) is 0. The third kappa shape index (κ3) is 5.50. The van der Waals surface area contributed by atoms with Gasteiger partial charge in [-0.25, -0.2) is 4.98 Å². The Morgan fingerprint density at radius 3 is 2.93 bits per heavy atom. The van der Waals surface area contributed by atoms with Gasteiger partial charge in [-0.15, -0.1) is 22.9 Å². The molecule has 0 bridgehead atoms. The number of thiazole rings is 1. The van der Waals surface area contributed by atoms with Gasteiger partial charge in [0.05, 0.1) is 23.2 Å². The van der Waals surface area contributed by atoms with E-state index in [0.717, 1.165) is 30.3 Å². The van der Waals surface area contributed by atoms with Crippen LogP contribution in [-0.2, 0) is 17.0 Å². The number of rotatable bonds is 8. The summed E-state index contributed by atoms with van der Waals surface area (Å²) in [4.78, 5) is 4.37. The van der Waals surface area contributed by atoms with Crippen LogP contribution in [0.5, 0.6) is 0 Å². The second-order valence-corrected chi connectivity index (χ2v) is 4.65. The average molecular weight is 248 g/mol. The molecule has 0 spiro atoms. The molecule has 0 N–H and O–H groups in total. The van der Waals surface area contributed by atoms with Gasteiger partial charge in [0.2, 0.25) is 0 Å². The van der Waals surface area contributed by atoms with Crippen molar-refractivity contribution in [3.63, 3.8) is 0 Å². The minimum atomic E-state index is 0.508. The monoisotopic (exact) mass is 247 g/mol. The van der Waals surface area contributed by atoms with Crippen LogP contribution < -0.4 is 0 Å². The molecular formula is C11H18ClNOS. The third-order valence-corrected chi connectivity index (χ3v) is 3.32. The number of nitrogens with zero attached hydrogens (tertiary/aromatic N) is 1. The molecule has 0 atom stereocenters. The summed E-state index contributed by atoms with van der Waals surface area (Å²) in [5, 5.41) is 3.14. The highest BCUT2D eigenvalue weighted by Gasteiger charge is 2.00. The Labute approximate surface area is 101 Å². The zero-order chi connectivity index (χ0) is 10.9. The van der Waals surface area contributed by atoms with Crippen LogP contribution in [-0.4, -0.2) is 18.2 Å². The molecule has 0 aliphatic rings. The molecule has 0 saturated carbocycles. The molecule has 86 valence electrons. The molecule has 1 heterocycles. The van der Waals surface area contributed by atoms with Gasteiger partial charge >= 0.3 is 0 Å². The van der Waals surface area contributed by atoms with Crippen molar-refractivity contribution >= 4 is 22.9 Å². The summed E-state index contributed by atoms with van der Waals surface area (Å²) < 4.78 is 5.52. The molecule has 1 aromatic heterocycles. The highest BCUT2D eigenvalue weighted by Crippen LogP contribution is 2.12. The van der Waals surface area contributed by atoms with Crippen LogP contribution in [0.25, 0.3) is 0 Å². The van der Waals surface area contributed by atoms with E-state index in [4.69, 9.17) is 16.3 Å². The fraction of sp³-hybridized carbons (Fsp3) is 0.727. The summed E-state index contributed by atoms with van der Waals surface area (Å²) in [6.45, 7) is 3.85. The predicted octanol–water partition coefficient (Wildman–Crippen LogP) is 3.63. The summed E-state index contributed by atoms with van der Waals surface area (Å²) in [5.74, 6) is 0.508. The Balaban J connectivity index is 2.04. The van der Waals surface area contributed by atoms with E-state index in [0.29, 0.717) is 5.88 Å².